The van der Waals surface area contributed by atoms with E-state index >= 15 is 0 Å². The lowest BCUT2D eigenvalue weighted by Crippen LogP contribution is -2.53. The Bertz CT molecular complexity index is 324. The minimum atomic E-state index is -1.24. The number of aliphatic hydroxyl groups is 1. The number of nitrogens with one attached hydrogen (secondary N) is 1. The number of hydrogen-bond donors (Lipinski definition) is 3. The van der Waals surface area contributed by atoms with Crippen LogP contribution in [0.25, 0.3) is 0 Å². The van der Waals surface area contributed by atoms with Crippen LogP contribution < -0.4 is 5.32 Å². The van der Waals surface area contributed by atoms with Gasteiger partial charge >= 0.3 is 12.0 Å². The Morgan fingerprint density at radius 2 is 2.11 bits per heavy atom. The van der Waals surface area contributed by atoms with E-state index in [0.717, 1.165) is 25.9 Å². The van der Waals surface area contributed by atoms with Gasteiger partial charge in [0, 0.05) is 19.1 Å². The van der Waals surface area contributed by atoms with Gasteiger partial charge in [0.25, 0.3) is 0 Å². The lowest BCUT2D eigenvalue weighted by molar-refractivity contribution is -0.140. The fourth-order valence-corrected chi connectivity index (χ4v) is 2.28. The first-order chi connectivity index (χ1) is 8.99. The van der Waals surface area contributed by atoms with Crippen LogP contribution in [0.5, 0.6) is 0 Å². The van der Waals surface area contributed by atoms with Crippen LogP contribution in [0.2, 0.25) is 0 Å². The Hall–Kier alpha value is -1.34. The molecule has 19 heavy (non-hydrogen) atoms. The number of carbonyl (C=O) groups is 2. The zero-order valence-electron chi connectivity index (χ0n) is 11.5. The molecule has 0 aromatic carbocycles. The first-order valence-corrected chi connectivity index (χ1v) is 6.58. The number of amides is 2. The second kappa shape index (κ2) is 7.30. The van der Waals surface area contributed by atoms with Crippen LogP contribution in [-0.2, 0) is 4.79 Å². The summed E-state index contributed by atoms with van der Waals surface area (Å²) in [5, 5.41) is 20.1. The van der Waals surface area contributed by atoms with E-state index in [9.17, 15) is 9.59 Å². The molecule has 3 N–H and O–H groups in total. The lowest BCUT2D eigenvalue weighted by Gasteiger charge is -2.31. The molecule has 0 radical (unpaired) electrons. The molecule has 1 saturated heterocycles. The van der Waals surface area contributed by atoms with Gasteiger partial charge < -0.3 is 25.3 Å². The van der Waals surface area contributed by atoms with Crippen molar-refractivity contribution in [3.63, 3.8) is 0 Å². The maximum Gasteiger partial charge on any atom is 0.328 e. The predicted octanol–water partition coefficient (Wildman–Crippen LogP) is -0.442. The van der Waals surface area contributed by atoms with E-state index in [1.165, 1.54) is 0 Å². The van der Waals surface area contributed by atoms with E-state index < -0.39 is 24.6 Å². The van der Waals surface area contributed by atoms with Crippen molar-refractivity contribution in [2.24, 2.45) is 0 Å². The second-order valence-corrected chi connectivity index (χ2v) is 4.89. The zero-order chi connectivity index (χ0) is 14.4. The van der Waals surface area contributed by atoms with Crippen LogP contribution in [-0.4, -0.2) is 77.4 Å². The van der Waals surface area contributed by atoms with E-state index in [1.807, 2.05) is 14.0 Å². The monoisotopic (exact) mass is 273 g/mol. The molecule has 0 aromatic heterocycles. The number of urea groups is 1. The molecule has 110 valence electrons. The molecule has 0 aliphatic carbocycles. The molecule has 7 heteroatoms. The quantitative estimate of drug-likeness (QED) is 0.645. The van der Waals surface area contributed by atoms with E-state index in [2.05, 4.69) is 10.2 Å². The molecule has 1 heterocycles. The molecule has 0 spiro atoms. The molecule has 1 aliphatic rings. The summed E-state index contributed by atoms with van der Waals surface area (Å²) < 4.78 is 0. The third-order valence-corrected chi connectivity index (χ3v) is 3.41. The van der Waals surface area contributed by atoms with Gasteiger partial charge in [0.2, 0.25) is 0 Å². The van der Waals surface area contributed by atoms with Crippen molar-refractivity contribution in [3.8, 4) is 0 Å². The van der Waals surface area contributed by atoms with Gasteiger partial charge in [-0.05, 0) is 26.4 Å². The molecule has 0 aromatic rings. The maximum absolute atomic E-state index is 12.1. The number of carboxylic acid groups (broad SMARTS) is 1. The summed E-state index contributed by atoms with van der Waals surface area (Å²) in [6.45, 7) is 3.70. The minimum absolute atomic E-state index is 0.0700. The Balaban J connectivity index is 2.69. The van der Waals surface area contributed by atoms with Crippen LogP contribution >= 0.6 is 0 Å². The molecule has 2 atom stereocenters. The Morgan fingerprint density at radius 3 is 2.63 bits per heavy atom. The van der Waals surface area contributed by atoms with Crippen molar-refractivity contribution in [1.82, 2.24) is 15.1 Å². The van der Waals surface area contributed by atoms with E-state index in [4.69, 9.17) is 10.2 Å². The molecular formula is C12H23N3O4. The molecule has 1 unspecified atom stereocenters. The SMILES string of the molecule is CCC1CN(C)CCCN1C(=O)N[C@@H](CO)C(=O)O. The average molecular weight is 273 g/mol. The van der Waals surface area contributed by atoms with Crippen molar-refractivity contribution in [2.45, 2.75) is 31.8 Å². The third kappa shape index (κ3) is 4.36. The number of likely N-dealkylation sites (N-methyl/N-ethyl adjacent to an activating group) is 1. The molecular weight excluding hydrogens is 250 g/mol. The number of aliphatic carboxylic acids is 1. The zero-order valence-corrected chi connectivity index (χ0v) is 11.5. The number of rotatable bonds is 4. The van der Waals surface area contributed by atoms with Crippen LogP contribution in [0.3, 0.4) is 0 Å². The number of carbonyl (C=O) groups excluding carboxylic acids is 1. The van der Waals surface area contributed by atoms with E-state index in [-0.39, 0.29) is 6.04 Å². The van der Waals surface area contributed by atoms with E-state index in [1.54, 1.807) is 4.90 Å². The molecule has 7 nitrogen and oxygen atoms in total. The van der Waals surface area contributed by atoms with Gasteiger partial charge in [-0.3, -0.25) is 0 Å². The van der Waals surface area contributed by atoms with Crippen LogP contribution in [0.1, 0.15) is 19.8 Å². The average Bonchev–Trinajstić information content (AvgIpc) is 2.56. The normalized spacial score (nSPS) is 22.7. The molecule has 1 rings (SSSR count). The first-order valence-electron chi connectivity index (χ1n) is 6.58. The fourth-order valence-electron chi connectivity index (χ4n) is 2.28. The van der Waals surface area contributed by atoms with Crippen LogP contribution in [0.15, 0.2) is 0 Å². The number of carboxylic acids is 1. The molecule has 1 aliphatic heterocycles. The topological polar surface area (TPSA) is 93.1 Å². The van der Waals surface area contributed by atoms with Gasteiger partial charge in [-0.1, -0.05) is 6.92 Å². The van der Waals surface area contributed by atoms with Crippen molar-refractivity contribution < 1.29 is 19.8 Å². The highest BCUT2D eigenvalue weighted by atomic mass is 16.4. The molecule has 2 amide bonds. The smallest absolute Gasteiger partial charge is 0.328 e. The Kier molecular flexibility index (Phi) is 6.04. The van der Waals surface area contributed by atoms with Gasteiger partial charge in [0.15, 0.2) is 6.04 Å². The molecule has 1 fully saturated rings. The minimum Gasteiger partial charge on any atom is -0.480 e. The van der Waals surface area contributed by atoms with Crippen molar-refractivity contribution in [3.05, 3.63) is 0 Å². The summed E-state index contributed by atoms with van der Waals surface area (Å²) in [6, 6.07) is -1.59. The van der Waals surface area contributed by atoms with Crippen molar-refractivity contribution in [2.75, 3.05) is 33.3 Å². The van der Waals surface area contributed by atoms with Crippen LogP contribution in [0, 0.1) is 0 Å². The number of nitrogens with zero attached hydrogens (tertiary/aromatic N) is 2. The number of aliphatic hydroxyl groups excluding tert-OH is 1. The van der Waals surface area contributed by atoms with Gasteiger partial charge in [0.05, 0.1) is 6.61 Å². The first kappa shape index (κ1) is 15.7. The number of hydrogen-bond acceptors (Lipinski definition) is 4. The van der Waals surface area contributed by atoms with Crippen LogP contribution in [0.4, 0.5) is 4.79 Å². The van der Waals surface area contributed by atoms with Gasteiger partial charge in [0.1, 0.15) is 0 Å². The van der Waals surface area contributed by atoms with Gasteiger partial charge in [-0.2, -0.15) is 0 Å². The molecule has 0 saturated carbocycles. The Morgan fingerprint density at radius 1 is 1.42 bits per heavy atom. The van der Waals surface area contributed by atoms with Crippen molar-refractivity contribution in [1.29, 1.82) is 0 Å². The summed E-state index contributed by atoms with van der Waals surface area (Å²) in [6.07, 6.45) is 1.67. The highest BCUT2D eigenvalue weighted by Gasteiger charge is 2.28. The predicted molar refractivity (Wildman–Crippen MR) is 69.9 cm³/mol. The molecule has 0 bridgehead atoms. The Labute approximate surface area is 113 Å². The fraction of sp³-hybridized carbons (Fsp3) is 0.833. The van der Waals surface area contributed by atoms with Crippen molar-refractivity contribution >= 4 is 12.0 Å². The summed E-state index contributed by atoms with van der Waals surface area (Å²) in [7, 11) is 2.01. The standard InChI is InChI=1S/C12H23N3O4/c1-3-9-7-14(2)5-4-6-15(9)12(19)13-10(8-16)11(17)18/h9-10,16H,3-8H2,1-2H3,(H,13,19)(H,17,18)/t9?,10-/m0/s1. The third-order valence-electron chi connectivity index (χ3n) is 3.41. The largest absolute Gasteiger partial charge is 0.480 e. The van der Waals surface area contributed by atoms with E-state index in [0.29, 0.717) is 6.54 Å². The highest BCUT2D eigenvalue weighted by Crippen LogP contribution is 2.12. The summed E-state index contributed by atoms with van der Waals surface area (Å²) in [5.41, 5.74) is 0. The summed E-state index contributed by atoms with van der Waals surface area (Å²) in [4.78, 5) is 26.8. The second-order valence-electron chi connectivity index (χ2n) is 4.89. The lowest BCUT2D eigenvalue weighted by atomic mass is 10.2. The maximum atomic E-state index is 12.1. The van der Waals surface area contributed by atoms with Gasteiger partial charge in [-0.15, -0.1) is 0 Å². The van der Waals surface area contributed by atoms with Gasteiger partial charge in [-0.25, -0.2) is 9.59 Å². The summed E-state index contributed by atoms with van der Waals surface area (Å²) in [5.74, 6) is -1.23. The summed E-state index contributed by atoms with van der Waals surface area (Å²) >= 11 is 0. The highest BCUT2D eigenvalue weighted by molar-refractivity contribution is 5.82.